The molecule has 0 bridgehead atoms. The first-order chi connectivity index (χ1) is 38.5. The lowest BCUT2D eigenvalue weighted by atomic mass is 10.0. The maximum Gasteiger partial charge on any atom is 0.490 e. The summed E-state index contributed by atoms with van der Waals surface area (Å²) in [7, 11) is -24.5. The van der Waals surface area contributed by atoms with Crippen LogP contribution in [0, 0.1) is 0 Å². The topological polar surface area (TPSA) is 533 Å². The van der Waals surface area contributed by atoms with Gasteiger partial charge in [-0.25, -0.2) is 32.6 Å². The van der Waals surface area contributed by atoms with Gasteiger partial charge >= 0.3 is 48.7 Å². The number of ether oxygens (including phenoxy) is 2. The minimum Gasteiger partial charge on any atom is -0.387 e. The van der Waals surface area contributed by atoms with Crippen LogP contribution >= 0.6 is 43.1 Å². The molecule has 4 aliphatic heterocycles. The summed E-state index contributed by atoms with van der Waals surface area (Å²) in [6.45, 7) is -1.93. The number of unbranched alkanes of at least 4 members (excludes halogenated alkanes) is 3. The number of urea groups is 1. The lowest BCUT2D eigenvalue weighted by Crippen LogP contribution is -2.38. The zero-order valence-electron chi connectivity index (χ0n) is 43.0. The molecule has 0 aliphatic carbocycles. The Morgan fingerprint density at radius 1 is 0.659 bits per heavy atom. The fraction of sp³-hybridized carbons (Fsp3) is 0.659. The highest BCUT2D eigenvalue weighted by atomic mass is 32.2. The summed E-state index contributed by atoms with van der Waals surface area (Å²) < 4.78 is 82.3. The second-order valence-electron chi connectivity index (χ2n) is 18.8. The van der Waals surface area contributed by atoms with E-state index in [0.29, 0.717) is 46.6 Å². The van der Waals surface area contributed by atoms with Crippen LogP contribution in [0.25, 0.3) is 6.08 Å². The molecule has 4 fully saturated rings. The van der Waals surface area contributed by atoms with Gasteiger partial charge in [-0.2, -0.15) is 24.7 Å². The summed E-state index contributed by atoms with van der Waals surface area (Å²) in [5.74, 6) is 0.272. The van der Waals surface area contributed by atoms with Gasteiger partial charge in [-0.3, -0.25) is 52.1 Å². The lowest BCUT2D eigenvalue weighted by molar-refractivity contribution is -0.122. The van der Waals surface area contributed by atoms with Crippen molar-refractivity contribution in [2.75, 3.05) is 38.6 Å². The van der Waals surface area contributed by atoms with Gasteiger partial charge in [0.15, 0.2) is 12.5 Å². The predicted molar refractivity (Wildman–Crippen MR) is 279 cm³/mol. The molecule has 5 amide bonds. The first kappa shape index (κ1) is 66.6. The number of nitrogens with zero attached hydrogens (tertiary/aromatic N) is 2. The number of aromatic nitrogens is 4. The molecule has 0 aromatic carbocycles. The maximum atomic E-state index is 12.8. The number of carbonyl (C=O) groups excluding carboxylic acids is 4. The van der Waals surface area contributed by atoms with E-state index in [-0.39, 0.29) is 61.4 Å². The molecule has 4 aliphatic rings. The Hall–Kier alpha value is -4.55. The number of hydrogen-bond donors (Lipinski definition) is 15. The summed E-state index contributed by atoms with van der Waals surface area (Å²) in [5.41, 5.74) is -4.28. The third-order valence-corrected chi connectivity index (χ3v) is 20.0. The van der Waals surface area contributed by atoms with Gasteiger partial charge in [0.2, 0.25) is 17.7 Å². The average Bonchev–Trinajstić information content (AvgIpc) is 4.25. The smallest absolute Gasteiger partial charge is 0.387 e. The molecule has 2 aromatic rings. The van der Waals surface area contributed by atoms with E-state index in [9.17, 15) is 96.6 Å². The third kappa shape index (κ3) is 19.8. The van der Waals surface area contributed by atoms with Crippen molar-refractivity contribution in [2.24, 2.45) is 0 Å². The highest BCUT2D eigenvalue weighted by Crippen LogP contribution is 2.71. The van der Waals surface area contributed by atoms with Gasteiger partial charge in [0, 0.05) is 68.4 Å². The number of phosphoric acid groups is 4. The van der Waals surface area contributed by atoms with E-state index in [4.69, 9.17) is 9.47 Å². The van der Waals surface area contributed by atoms with Crippen LogP contribution < -0.4 is 49.1 Å². The number of hydrogen-bond acceptors (Lipinski definition) is 24. The van der Waals surface area contributed by atoms with Gasteiger partial charge in [0.1, 0.15) is 36.6 Å². The maximum absolute atomic E-state index is 12.8. The first-order valence-corrected chi connectivity index (χ1v) is 32.2. The van der Waals surface area contributed by atoms with Gasteiger partial charge in [-0.15, -0.1) is 0 Å². The zero-order chi connectivity index (χ0) is 60.2. The molecule has 0 spiro atoms. The van der Waals surface area contributed by atoms with Crippen molar-refractivity contribution in [2.45, 2.75) is 131 Å². The molecule has 4 saturated heterocycles. The number of aromatic amines is 2. The van der Waals surface area contributed by atoms with E-state index in [1.54, 1.807) is 0 Å². The molecule has 460 valence electrons. The van der Waals surface area contributed by atoms with Crippen LogP contribution in [0.2, 0.25) is 0 Å². The van der Waals surface area contributed by atoms with Gasteiger partial charge < -0.3 is 76.1 Å². The summed E-state index contributed by atoms with van der Waals surface area (Å²) in [6.07, 6.45) is -5.18. The Morgan fingerprint density at radius 3 is 1.78 bits per heavy atom. The largest absolute Gasteiger partial charge is 0.490 e. The molecule has 82 heavy (non-hydrogen) atoms. The molecule has 0 radical (unpaired) electrons. The van der Waals surface area contributed by atoms with E-state index in [2.05, 4.69) is 48.6 Å². The van der Waals surface area contributed by atoms with Gasteiger partial charge in [-0.1, -0.05) is 25.0 Å². The van der Waals surface area contributed by atoms with E-state index >= 15 is 0 Å². The molecule has 41 heteroatoms. The SMILES string of the molecule is O=C(CCCNC(=O)CCCCCNC(=O)CCCCC1SC[C@@H]2NC(=O)N[C@H]12)NC/C=C/c1cn([C@@H]2O[C@H](COP(=O)(O)OP(=O)(O)OP(=O)(O)OP(=O)(O)OC[C@H]3O[C@@H](n4ccc(=O)[nH]c4=O)C(O)C3O)[C@H](O)C2O)c(=O)[nH]c1=O. The fourth-order valence-corrected chi connectivity index (χ4v) is 15.1. The highest BCUT2D eigenvalue weighted by molar-refractivity contribution is 8.00. The van der Waals surface area contributed by atoms with E-state index in [1.165, 1.54) is 12.2 Å². The van der Waals surface area contributed by atoms with Gasteiger partial charge in [-0.05, 0) is 32.1 Å². The highest BCUT2D eigenvalue weighted by Gasteiger charge is 2.50. The molecular weight excluding hydrogens is 1210 g/mol. The number of carbonyl (C=O) groups is 4. The Labute approximate surface area is 467 Å². The summed E-state index contributed by atoms with van der Waals surface area (Å²) in [4.78, 5) is 141. The molecule has 8 unspecified atom stereocenters. The predicted octanol–water partition coefficient (Wildman–Crippen LogP) is -2.76. The monoisotopic (exact) mass is 1270 g/mol. The van der Waals surface area contributed by atoms with Crippen molar-refractivity contribution in [1.29, 1.82) is 0 Å². The molecule has 6 heterocycles. The van der Waals surface area contributed by atoms with Crippen LogP contribution in [0.15, 0.2) is 43.7 Å². The van der Waals surface area contributed by atoms with Crippen molar-refractivity contribution >= 4 is 72.9 Å². The second kappa shape index (κ2) is 29.5. The fourth-order valence-electron chi connectivity index (χ4n) is 8.62. The number of nitrogens with one attached hydrogen (secondary N) is 7. The molecule has 6 rings (SSSR count). The number of H-pyrrole nitrogens is 2. The van der Waals surface area contributed by atoms with Crippen molar-refractivity contribution in [3.63, 3.8) is 0 Å². The lowest BCUT2D eigenvalue weighted by Gasteiger charge is -2.21. The summed E-state index contributed by atoms with van der Waals surface area (Å²) in [5, 5.41) is 56.3. The van der Waals surface area contributed by atoms with Crippen LogP contribution in [0.5, 0.6) is 0 Å². The second-order valence-corrected chi connectivity index (χ2v) is 26.3. The van der Waals surface area contributed by atoms with Crippen molar-refractivity contribution < 1.29 is 109 Å². The minimum absolute atomic E-state index is 0.0248. The van der Waals surface area contributed by atoms with Crippen molar-refractivity contribution in [1.82, 2.24) is 45.7 Å². The van der Waals surface area contributed by atoms with Crippen LogP contribution in [0.4, 0.5) is 4.79 Å². The number of aliphatic hydroxyl groups is 4. The Kier molecular flexibility index (Phi) is 24.0. The van der Waals surface area contributed by atoms with E-state index < -0.39 is 122 Å². The Bertz CT molecular complexity index is 3070. The molecule has 15 atom stereocenters. The molecule has 15 N–H and O–H groups in total. The number of phosphoric ester groups is 2. The zero-order valence-corrected chi connectivity index (χ0v) is 47.4. The molecule has 36 nitrogen and oxygen atoms in total. The van der Waals surface area contributed by atoms with Crippen LogP contribution in [0.3, 0.4) is 0 Å². The number of amides is 5. The normalized spacial score (nSPS) is 28.0. The summed E-state index contributed by atoms with van der Waals surface area (Å²) >= 11 is 1.84. The average molecular weight is 1270 g/mol. The van der Waals surface area contributed by atoms with Crippen molar-refractivity contribution in [3.8, 4) is 0 Å². The molecule has 2 aromatic heterocycles. The number of fused-ring (bicyclic) bond motifs is 1. The third-order valence-electron chi connectivity index (χ3n) is 12.6. The van der Waals surface area contributed by atoms with E-state index in [0.717, 1.165) is 49.9 Å². The van der Waals surface area contributed by atoms with Gasteiger partial charge in [0.25, 0.3) is 11.1 Å². The van der Waals surface area contributed by atoms with Crippen LogP contribution in [-0.4, -0.2) is 175 Å². The Balaban J connectivity index is 0.843. The minimum atomic E-state index is -6.35. The molecule has 0 saturated carbocycles. The molecular formula is C41H63N9O27P4S. The van der Waals surface area contributed by atoms with Crippen LogP contribution in [-0.2, 0) is 64.1 Å². The van der Waals surface area contributed by atoms with Gasteiger partial charge in [0.05, 0.1) is 30.9 Å². The number of thioether (sulfide) groups is 1. The van der Waals surface area contributed by atoms with Crippen LogP contribution in [0.1, 0.15) is 82.2 Å². The summed E-state index contributed by atoms with van der Waals surface area (Å²) in [6, 6.07) is 1.05. The van der Waals surface area contributed by atoms with Crippen molar-refractivity contribution in [3.05, 3.63) is 71.8 Å². The quantitative estimate of drug-likeness (QED) is 0.0200. The Morgan fingerprint density at radius 2 is 1.18 bits per heavy atom. The first-order valence-electron chi connectivity index (χ1n) is 25.1. The van der Waals surface area contributed by atoms with E-state index in [1.807, 2.05) is 21.7 Å². The standard InChI is InChI=1S/C41H63N9O27P4S/c51-27(10-2-1-5-14-42-28(52)11-4-3-9-26-31-23(21-82-26)45-39(60)47-31)44-16-7-12-29(53)43-15-6-8-22-18-50(41(62)48-36(22)59)38-35(58)33(56)25(74-38)20-72-79(65,66)76-81(69,70)77-80(67,68)75-78(63,64)71-19-24-32(55)34(57)37(73-24)49-17-13-30(54)46-40(49)61/h6,8,13,17-18,23-26,31-35,37-38,55-58H,1-5,7,9-12,14-16,19-21H2,(H,42,52)(H,43,53)(H,44,51)(H,63,64)(H,65,66)(H,67,68)(H,69,70)(H2,45,47,60)(H,46,54,61)(H,48,59,62)/b8-6+/t23-,24+,25+,26?,31-,32?,33-,34?,35?,37+,38+/m0/s1. The number of rotatable bonds is 32. The number of aliphatic hydroxyl groups excluding tert-OH is 4.